The van der Waals surface area contributed by atoms with Crippen LogP contribution in [0.4, 0.5) is 5.69 Å². The molecule has 0 spiro atoms. The van der Waals surface area contributed by atoms with Crippen molar-refractivity contribution in [3.8, 4) is 5.75 Å². The van der Waals surface area contributed by atoms with Crippen LogP contribution in [0.1, 0.15) is 18.1 Å². The van der Waals surface area contributed by atoms with E-state index in [0.717, 1.165) is 61.3 Å². The third-order valence-electron chi connectivity index (χ3n) is 4.67. The van der Waals surface area contributed by atoms with Gasteiger partial charge in [0, 0.05) is 56.9 Å². The molecule has 4 nitrogen and oxygen atoms in total. The quantitative estimate of drug-likeness (QED) is 0.723. The molecule has 0 saturated carbocycles. The Morgan fingerprint density at radius 1 is 1.12 bits per heavy atom. The summed E-state index contributed by atoms with van der Waals surface area (Å²) in [5.41, 5.74) is 2.28. The Morgan fingerprint density at radius 2 is 1.85 bits per heavy atom. The lowest BCUT2D eigenvalue weighted by molar-refractivity contribution is 0.0317. The van der Waals surface area contributed by atoms with E-state index in [2.05, 4.69) is 34.1 Å². The van der Waals surface area contributed by atoms with Gasteiger partial charge in [0.1, 0.15) is 11.9 Å². The molecule has 1 aliphatic heterocycles. The zero-order valence-corrected chi connectivity index (χ0v) is 16.3. The van der Waals surface area contributed by atoms with E-state index in [1.54, 1.807) is 0 Å². The summed E-state index contributed by atoms with van der Waals surface area (Å²) in [5.74, 6) is 0.887. The highest BCUT2D eigenvalue weighted by atomic mass is 35.5. The van der Waals surface area contributed by atoms with Crippen LogP contribution in [-0.2, 0) is 4.74 Å². The largest absolute Gasteiger partial charge is 0.486 e. The lowest BCUT2D eigenvalue weighted by Crippen LogP contribution is -2.37. The summed E-state index contributed by atoms with van der Waals surface area (Å²) in [6.07, 6.45) is 0.918. The lowest BCUT2D eigenvalue weighted by Gasteiger charge is -2.29. The molecule has 3 rings (SSSR count). The maximum atomic E-state index is 6.39. The van der Waals surface area contributed by atoms with Crippen LogP contribution in [0, 0.1) is 0 Å². The fourth-order valence-electron chi connectivity index (χ4n) is 3.09. The summed E-state index contributed by atoms with van der Waals surface area (Å²) in [6, 6.07) is 16.2. The van der Waals surface area contributed by atoms with Gasteiger partial charge in [-0.1, -0.05) is 29.8 Å². The molecule has 2 aromatic rings. The Kier molecular flexibility index (Phi) is 6.78. The van der Waals surface area contributed by atoms with Crippen LogP contribution in [0.15, 0.2) is 48.5 Å². The number of morpholine rings is 1. The topological polar surface area (TPSA) is 24.9 Å². The van der Waals surface area contributed by atoms with Crippen LogP contribution < -0.4 is 9.64 Å². The van der Waals surface area contributed by atoms with Crippen molar-refractivity contribution in [2.75, 3.05) is 51.8 Å². The van der Waals surface area contributed by atoms with Gasteiger partial charge in [0.05, 0.1) is 13.2 Å². The molecule has 1 saturated heterocycles. The molecule has 5 heteroatoms. The van der Waals surface area contributed by atoms with Crippen LogP contribution in [0.3, 0.4) is 0 Å². The predicted octanol–water partition coefficient (Wildman–Crippen LogP) is 4.25. The van der Waals surface area contributed by atoms with Crippen molar-refractivity contribution in [1.29, 1.82) is 0 Å². The lowest BCUT2D eigenvalue weighted by atomic mass is 10.1. The van der Waals surface area contributed by atoms with Crippen molar-refractivity contribution < 1.29 is 9.47 Å². The van der Waals surface area contributed by atoms with Crippen molar-refractivity contribution in [2.24, 2.45) is 0 Å². The van der Waals surface area contributed by atoms with Gasteiger partial charge < -0.3 is 14.4 Å². The second-order valence-corrected chi connectivity index (χ2v) is 7.23. The van der Waals surface area contributed by atoms with E-state index in [-0.39, 0.29) is 6.10 Å². The Bertz CT molecular complexity index is 685. The molecule has 0 bridgehead atoms. The van der Waals surface area contributed by atoms with Gasteiger partial charge in [0.2, 0.25) is 0 Å². The number of ether oxygens (including phenoxy) is 2. The first-order valence-electron chi connectivity index (χ1n) is 9.11. The highest BCUT2D eigenvalue weighted by Crippen LogP contribution is 2.28. The van der Waals surface area contributed by atoms with E-state index in [4.69, 9.17) is 21.1 Å². The summed E-state index contributed by atoms with van der Waals surface area (Å²) in [4.78, 5) is 4.52. The zero-order valence-electron chi connectivity index (χ0n) is 15.5. The van der Waals surface area contributed by atoms with E-state index >= 15 is 0 Å². The van der Waals surface area contributed by atoms with Gasteiger partial charge >= 0.3 is 0 Å². The second kappa shape index (κ2) is 9.26. The van der Waals surface area contributed by atoms with Crippen LogP contribution in [0.25, 0.3) is 0 Å². The minimum Gasteiger partial charge on any atom is -0.486 e. The third-order valence-corrected chi connectivity index (χ3v) is 4.92. The predicted molar refractivity (Wildman–Crippen MR) is 107 cm³/mol. The molecule has 0 aromatic heterocycles. The standard InChI is InChI=1S/C21H27ClN2O2/c1-23(2)19-4-3-5-20(16-19)26-21(17-6-8-18(22)9-7-17)10-11-24-12-14-25-15-13-24/h3-9,16,21H,10-15H2,1-2H3. The molecule has 1 unspecified atom stereocenters. The Balaban J connectivity index is 1.73. The van der Waals surface area contributed by atoms with Gasteiger partial charge in [0.25, 0.3) is 0 Å². The van der Waals surface area contributed by atoms with Crippen LogP contribution in [-0.4, -0.2) is 51.8 Å². The van der Waals surface area contributed by atoms with Gasteiger partial charge in [-0.25, -0.2) is 0 Å². The summed E-state index contributed by atoms with van der Waals surface area (Å²) in [6.45, 7) is 4.60. The van der Waals surface area contributed by atoms with E-state index in [1.807, 2.05) is 38.4 Å². The molecule has 0 aliphatic carbocycles. The number of rotatable bonds is 7. The first kappa shape index (κ1) is 19.0. The number of nitrogens with zero attached hydrogens (tertiary/aromatic N) is 2. The molecular formula is C21H27ClN2O2. The molecule has 0 N–H and O–H groups in total. The number of benzene rings is 2. The molecular weight excluding hydrogens is 348 g/mol. The summed E-state index contributed by atoms with van der Waals surface area (Å²) in [7, 11) is 4.07. The third kappa shape index (κ3) is 5.37. The molecule has 1 fully saturated rings. The molecule has 2 aromatic carbocycles. The molecule has 0 radical (unpaired) electrons. The van der Waals surface area contributed by atoms with E-state index in [1.165, 1.54) is 0 Å². The average molecular weight is 375 g/mol. The number of hydrogen-bond acceptors (Lipinski definition) is 4. The first-order valence-corrected chi connectivity index (χ1v) is 9.49. The van der Waals surface area contributed by atoms with E-state index in [0.29, 0.717) is 0 Å². The fourth-order valence-corrected chi connectivity index (χ4v) is 3.22. The maximum absolute atomic E-state index is 6.39. The number of anilines is 1. The molecule has 140 valence electrons. The Morgan fingerprint density at radius 3 is 2.54 bits per heavy atom. The first-order chi connectivity index (χ1) is 12.6. The van der Waals surface area contributed by atoms with Crippen molar-refractivity contribution >= 4 is 17.3 Å². The Labute approximate surface area is 161 Å². The zero-order chi connectivity index (χ0) is 18.4. The van der Waals surface area contributed by atoms with Gasteiger partial charge in [0.15, 0.2) is 0 Å². The molecule has 26 heavy (non-hydrogen) atoms. The van der Waals surface area contributed by atoms with Crippen molar-refractivity contribution in [3.63, 3.8) is 0 Å². The molecule has 1 aliphatic rings. The summed E-state index contributed by atoms with van der Waals surface area (Å²) in [5, 5.41) is 0.746. The molecule has 0 amide bonds. The van der Waals surface area contributed by atoms with Crippen molar-refractivity contribution in [3.05, 3.63) is 59.1 Å². The fraction of sp³-hybridized carbons (Fsp3) is 0.429. The highest BCUT2D eigenvalue weighted by Gasteiger charge is 2.17. The number of hydrogen-bond donors (Lipinski definition) is 0. The van der Waals surface area contributed by atoms with E-state index < -0.39 is 0 Å². The molecule has 1 atom stereocenters. The maximum Gasteiger partial charge on any atom is 0.125 e. The monoisotopic (exact) mass is 374 g/mol. The minimum absolute atomic E-state index is 0.00692. The van der Waals surface area contributed by atoms with Crippen LogP contribution in [0.5, 0.6) is 5.75 Å². The smallest absolute Gasteiger partial charge is 0.125 e. The van der Waals surface area contributed by atoms with Crippen LogP contribution in [0.2, 0.25) is 5.02 Å². The van der Waals surface area contributed by atoms with Crippen molar-refractivity contribution in [2.45, 2.75) is 12.5 Å². The van der Waals surface area contributed by atoms with Gasteiger partial charge in [-0.15, -0.1) is 0 Å². The molecule has 1 heterocycles. The average Bonchev–Trinajstić information content (AvgIpc) is 2.67. The summed E-state index contributed by atoms with van der Waals surface area (Å²) < 4.78 is 11.8. The second-order valence-electron chi connectivity index (χ2n) is 6.79. The SMILES string of the molecule is CN(C)c1cccc(OC(CCN2CCOCC2)c2ccc(Cl)cc2)c1. The van der Waals surface area contributed by atoms with Gasteiger partial charge in [-0.05, 0) is 29.8 Å². The van der Waals surface area contributed by atoms with Crippen molar-refractivity contribution in [1.82, 2.24) is 4.90 Å². The van der Waals surface area contributed by atoms with Crippen LogP contribution >= 0.6 is 11.6 Å². The van der Waals surface area contributed by atoms with Gasteiger partial charge in [-0.3, -0.25) is 4.90 Å². The number of halogens is 1. The van der Waals surface area contributed by atoms with E-state index in [9.17, 15) is 0 Å². The Hall–Kier alpha value is -1.75. The highest BCUT2D eigenvalue weighted by molar-refractivity contribution is 6.30. The van der Waals surface area contributed by atoms with Gasteiger partial charge in [-0.2, -0.15) is 0 Å². The normalized spacial score (nSPS) is 16.3. The summed E-state index contributed by atoms with van der Waals surface area (Å²) >= 11 is 6.06. The minimum atomic E-state index is -0.00692.